The van der Waals surface area contributed by atoms with Crippen LogP contribution in [0.4, 0.5) is 11.6 Å². The van der Waals surface area contributed by atoms with Crippen LogP contribution in [-0.2, 0) is 19.4 Å². The van der Waals surface area contributed by atoms with Crippen molar-refractivity contribution in [2.24, 2.45) is 0 Å². The molecule has 1 aromatic heterocycles. The van der Waals surface area contributed by atoms with Crippen LogP contribution in [0.2, 0.25) is 0 Å². The Balaban J connectivity index is 1.75. The summed E-state index contributed by atoms with van der Waals surface area (Å²) in [5.74, 6) is 0.859. The topological polar surface area (TPSA) is 41.1 Å². The van der Waals surface area contributed by atoms with Crippen molar-refractivity contribution in [3.05, 3.63) is 47.3 Å². The number of hydrogen-bond donors (Lipinski definition) is 1. The van der Waals surface area contributed by atoms with Gasteiger partial charge in [0, 0.05) is 43.5 Å². The van der Waals surface area contributed by atoms with Crippen molar-refractivity contribution in [2.45, 2.75) is 25.8 Å². The van der Waals surface area contributed by atoms with E-state index in [1.165, 1.54) is 28.9 Å². The van der Waals surface area contributed by atoms with E-state index in [2.05, 4.69) is 39.5 Å². The van der Waals surface area contributed by atoms with E-state index in [0.717, 1.165) is 38.4 Å². The Morgan fingerprint density at radius 2 is 2.05 bits per heavy atom. The van der Waals surface area contributed by atoms with Gasteiger partial charge in [-0.15, -0.1) is 0 Å². The van der Waals surface area contributed by atoms with Gasteiger partial charge in [-0.2, -0.15) is 0 Å². The Labute approximate surface area is 118 Å². The van der Waals surface area contributed by atoms with E-state index in [1.54, 1.807) is 0 Å². The highest BCUT2D eigenvalue weighted by Crippen LogP contribution is 2.31. The van der Waals surface area contributed by atoms with Crippen molar-refractivity contribution >= 4 is 11.6 Å². The molecule has 0 saturated heterocycles. The monoisotopic (exact) mass is 266 g/mol. The van der Waals surface area contributed by atoms with Crippen molar-refractivity contribution in [1.29, 1.82) is 0 Å². The molecule has 0 atom stereocenters. The average Bonchev–Trinajstić information content (AvgIpc) is 2.54. The molecule has 2 aliphatic rings. The van der Waals surface area contributed by atoms with Crippen LogP contribution >= 0.6 is 0 Å². The third-order valence-corrected chi connectivity index (χ3v) is 4.15. The molecule has 20 heavy (non-hydrogen) atoms. The van der Waals surface area contributed by atoms with Gasteiger partial charge >= 0.3 is 0 Å². The van der Waals surface area contributed by atoms with Gasteiger partial charge in [0.25, 0.3) is 0 Å². The number of nitrogens with zero attached hydrogens (tertiary/aromatic N) is 3. The smallest absolute Gasteiger partial charge is 0.230 e. The fourth-order valence-electron chi connectivity index (χ4n) is 3.10. The minimum Gasteiger partial charge on any atom is -0.312 e. The molecule has 2 aliphatic heterocycles. The molecular weight excluding hydrogens is 248 g/mol. The lowest BCUT2D eigenvalue weighted by Crippen LogP contribution is -2.29. The van der Waals surface area contributed by atoms with Gasteiger partial charge in [0.15, 0.2) is 0 Å². The SMILES string of the molecule is c1ccc2c(c1)CCCN2c1ncc2c(n1)CCNC2. The Hall–Kier alpha value is -1.94. The Morgan fingerprint density at radius 3 is 3.05 bits per heavy atom. The van der Waals surface area contributed by atoms with Crippen LogP contribution in [0.15, 0.2) is 30.5 Å². The van der Waals surface area contributed by atoms with Crippen LogP contribution in [0.5, 0.6) is 0 Å². The van der Waals surface area contributed by atoms with Crippen molar-refractivity contribution in [2.75, 3.05) is 18.0 Å². The molecule has 0 radical (unpaired) electrons. The maximum Gasteiger partial charge on any atom is 0.230 e. The number of aryl methyl sites for hydroxylation is 1. The molecule has 0 amide bonds. The molecule has 1 N–H and O–H groups in total. The molecule has 3 heterocycles. The molecule has 0 saturated carbocycles. The maximum absolute atomic E-state index is 4.81. The van der Waals surface area contributed by atoms with E-state index >= 15 is 0 Å². The zero-order valence-electron chi connectivity index (χ0n) is 11.5. The van der Waals surface area contributed by atoms with Gasteiger partial charge < -0.3 is 10.2 Å². The summed E-state index contributed by atoms with van der Waals surface area (Å²) in [5, 5.41) is 3.36. The summed E-state index contributed by atoms with van der Waals surface area (Å²) in [5.41, 5.74) is 5.12. The van der Waals surface area contributed by atoms with Crippen LogP contribution in [0.1, 0.15) is 23.2 Å². The third kappa shape index (κ3) is 1.96. The summed E-state index contributed by atoms with van der Waals surface area (Å²) in [6.45, 7) is 2.92. The highest BCUT2D eigenvalue weighted by molar-refractivity contribution is 5.63. The summed E-state index contributed by atoms with van der Waals surface area (Å²) >= 11 is 0. The second-order valence-electron chi connectivity index (χ2n) is 5.45. The maximum atomic E-state index is 4.81. The van der Waals surface area contributed by atoms with Gasteiger partial charge in [-0.1, -0.05) is 18.2 Å². The first-order chi connectivity index (χ1) is 9.92. The summed E-state index contributed by atoms with van der Waals surface area (Å²) < 4.78 is 0. The van der Waals surface area contributed by atoms with Gasteiger partial charge in [-0.3, -0.25) is 0 Å². The number of aromatic nitrogens is 2. The second kappa shape index (κ2) is 4.87. The molecule has 0 aliphatic carbocycles. The summed E-state index contributed by atoms with van der Waals surface area (Å²) in [4.78, 5) is 11.7. The Morgan fingerprint density at radius 1 is 1.10 bits per heavy atom. The van der Waals surface area contributed by atoms with Gasteiger partial charge in [-0.25, -0.2) is 9.97 Å². The minimum atomic E-state index is 0.859. The van der Waals surface area contributed by atoms with Crippen LogP contribution in [-0.4, -0.2) is 23.1 Å². The lowest BCUT2D eigenvalue weighted by Gasteiger charge is -2.30. The molecule has 4 heteroatoms. The second-order valence-corrected chi connectivity index (χ2v) is 5.45. The highest BCUT2D eigenvalue weighted by atomic mass is 15.3. The number of benzene rings is 1. The molecule has 0 unspecified atom stereocenters. The molecule has 1 aromatic carbocycles. The van der Waals surface area contributed by atoms with Crippen molar-refractivity contribution in [3.8, 4) is 0 Å². The molecule has 0 spiro atoms. The van der Waals surface area contributed by atoms with E-state index in [0.29, 0.717) is 0 Å². The van der Waals surface area contributed by atoms with E-state index in [9.17, 15) is 0 Å². The molecule has 102 valence electrons. The fraction of sp³-hybridized carbons (Fsp3) is 0.375. The lowest BCUT2D eigenvalue weighted by atomic mass is 10.0. The number of para-hydroxylation sites is 1. The van der Waals surface area contributed by atoms with Crippen molar-refractivity contribution in [3.63, 3.8) is 0 Å². The molecule has 4 nitrogen and oxygen atoms in total. The van der Waals surface area contributed by atoms with Gasteiger partial charge in [0.05, 0.1) is 5.69 Å². The first-order valence-electron chi connectivity index (χ1n) is 7.33. The number of hydrogen-bond acceptors (Lipinski definition) is 4. The van der Waals surface area contributed by atoms with E-state index in [-0.39, 0.29) is 0 Å². The molecule has 4 rings (SSSR count). The minimum absolute atomic E-state index is 0.859. The quantitative estimate of drug-likeness (QED) is 0.859. The standard InChI is InChI=1S/C16H18N4/c1-2-6-15-12(4-1)5-3-9-20(15)16-18-11-13-10-17-8-7-14(13)19-16/h1-2,4,6,11,17H,3,5,7-10H2. The van der Waals surface area contributed by atoms with Crippen LogP contribution in [0.25, 0.3) is 0 Å². The van der Waals surface area contributed by atoms with Crippen molar-refractivity contribution in [1.82, 2.24) is 15.3 Å². The van der Waals surface area contributed by atoms with Crippen LogP contribution in [0, 0.1) is 0 Å². The van der Waals surface area contributed by atoms with Crippen LogP contribution in [0.3, 0.4) is 0 Å². The van der Waals surface area contributed by atoms with Gasteiger partial charge in [-0.05, 0) is 24.5 Å². The largest absolute Gasteiger partial charge is 0.312 e. The van der Waals surface area contributed by atoms with E-state index < -0.39 is 0 Å². The Kier molecular flexibility index (Phi) is 2.89. The summed E-state index contributed by atoms with van der Waals surface area (Å²) in [6.07, 6.45) is 5.31. The molecular formula is C16H18N4. The van der Waals surface area contributed by atoms with Gasteiger partial charge in [0.1, 0.15) is 0 Å². The fourth-order valence-corrected chi connectivity index (χ4v) is 3.10. The van der Waals surface area contributed by atoms with E-state index in [1.807, 2.05) is 6.20 Å². The summed E-state index contributed by atoms with van der Waals surface area (Å²) in [7, 11) is 0. The number of rotatable bonds is 1. The number of anilines is 2. The average molecular weight is 266 g/mol. The predicted octanol–water partition coefficient (Wildman–Crippen LogP) is 2.21. The number of fused-ring (bicyclic) bond motifs is 2. The zero-order valence-corrected chi connectivity index (χ0v) is 11.5. The van der Waals surface area contributed by atoms with Crippen LogP contribution < -0.4 is 10.2 Å². The third-order valence-electron chi connectivity index (χ3n) is 4.15. The lowest BCUT2D eigenvalue weighted by molar-refractivity contribution is 0.623. The first-order valence-corrected chi connectivity index (χ1v) is 7.33. The first kappa shape index (κ1) is 11.9. The summed E-state index contributed by atoms with van der Waals surface area (Å²) in [6, 6.07) is 8.60. The molecule has 2 aromatic rings. The number of nitrogens with one attached hydrogen (secondary N) is 1. The van der Waals surface area contributed by atoms with Crippen molar-refractivity contribution < 1.29 is 0 Å². The van der Waals surface area contributed by atoms with Gasteiger partial charge in [0.2, 0.25) is 5.95 Å². The van der Waals surface area contributed by atoms with E-state index in [4.69, 9.17) is 4.98 Å². The molecule has 0 bridgehead atoms. The Bertz CT molecular complexity index is 638. The normalized spacial score (nSPS) is 17.5. The molecule has 0 fully saturated rings. The predicted molar refractivity (Wildman–Crippen MR) is 79.2 cm³/mol. The zero-order chi connectivity index (χ0) is 13.4. The highest BCUT2D eigenvalue weighted by Gasteiger charge is 2.21.